The molecule has 0 aliphatic heterocycles. The van der Waals surface area contributed by atoms with E-state index in [2.05, 4.69) is 0 Å². The van der Waals surface area contributed by atoms with Gasteiger partial charge in [-0.1, -0.05) is 0 Å². The highest BCUT2D eigenvalue weighted by molar-refractivity contribution is 5.83. The molecule has 62 valence electrons. The second kappa shape index (κ2) is 3.49. The monoisotopic (exact) mass is 155 g/mol. The molecule has 3 nitrogen and oxygen atoms in total. The smallest absolute Gasteiger partial charge is 0.152 e. The largest absolute Gasteiger partial charge is 0.390 e. The van der Waals surface area contributed by atoms with Crippen LogP contribution in [0.15, 0.2) is 0 Å². The standard InChI is InChI=1S/C8H13NO2/c1-6(5-9)7(10)4-8(2,3)11/h6,11H,4H2,1-3H3. The predicted molar refractivity (Wildman–Crippen MR) is 40.7 cm³/mol. The molecule has 0 aliphatic rings. The molecule has 0 spiro atoms. The Kier molecular flexibility index (Phi) is 3.21. The maximum absolute atomic E-state index is 11.0. The molecule has 0 radical (unpaired) electrons. The maximum Gasteiger partial charge on any atom is 0.152 e. The molecule has 0 saturated heterocycles. The zero-order valence-corrected chi connectivity index (χ0v) is 7.09. The third kappa shape index (κ3) is 4.51. The molecule has 11 heavy (non-hydrogen) atoms. The van der Waals surface area contributed by atoms with Crippen LogP contribution < -0.4 is 0 Å². The van der Waals surface area contributed by atoms with E-state index >= 15 is 0 Å². The summed E-state index contributed by atoms with van der Waals surface area (Å²) in [7, 11) is 0. The van der Waals surface area contributed by atoms with Gasteiger partial charge in [0.05, 0.1) is 11.7 Å². The molecule has 0 saturated carbocycles. The molecule has 1 N–H and O–H groups in total. The lowest BCUT2D eigenvalue weighted by Crippen LogP contribution is -2.26. The van der Waals surface area contributed by atoms with Gasteiger partial charge in [-0.2, -0.15) is 5.26 Å². The minimum atomic E-state index is -0.998. The number of nitriles is 1. The van der Waals surface area contributed by atoms with Crippen molar-refractivity contribution >= 4 is 5.78 Å². The van der Waals surface area contributed by atoms with Crippen molar-refractivity contribution < 1.29 is 9.90 Å². The van der Waals surface area contributed by atoms with Crippen LogP contribution in [0, 0.1) is 17.2 Å². The highest BCUT2D eigenvalue weighted by Crippen LogP contribution is 2.11. The van der Waals surface area contributed by atoms with Gasteiger partial charge in [0.2, 0.25) is 0 Å². The number of rotatable bonds is 3. The van der Waals surface area contributed by atoms with Crippen LogP contribution in [0.5, 0.6) is 0 Å². The third-order valence-corrected chi connectivity index (χ3v) is 1.28. The summed E-state index contributed by atoms with van der Waals surface area (Å²) in [5, 5.41) is 17.6. The minimum Gasteiger partial charge on any atom is -0.390 e. The summed E-state index contributed by atoms with van der Waals surface area (Å²) < 4.78 is 0. The summed E-state index contributed by atoms with van der Waals surface area (Å²) in [5.41, 5.74) is -0.998. The number of carbonyl (C=O) groups is 1. The fourth-order valence-corrected chi connectivity index (χ4v) is 0.651. The van der Waals surface area contributed by atoms with Crippen molar-refractivity contribution in [3.05, 3.63) is 0 Å². The molecule has 0 aromatic rings. The van der Waals surface area contributed by atoms with Crippen molar-refractivity contribution in [2.75, 3.05) is 0 Å². The maximum atomic E-state index is 11.0. The van der Waals surface area contributed by atoms with Crippen LogP contribution in [0.2, 0.25) is 0 Å². The highest BCUT2D eigenvalue weighted by atomic mass is 16.3. The van der Waals surface area contributed by atoms with E-state index < -0.39 is 11.5 Å². The van der Waals surface area contributed by atoms with E-state index in [9.17, 15) is 9.90 Å². The summed E-state index contributed by atoms with van der Waals surface area (Å²) in [4.78, 5) is 11.0. The van der Waals surface area contributed by atoms with E-state index in [1.165, 1.54) is 6.92 Å². The Morgan fingerprint density at radius 3 is 2.45 bits per heavy atom. The third-order valence-electron chi connectivity index (χ3n) is 1.28. The Labute approximate surface area is 66.6 Å². The van der Waals surface area contributed by atoms with Gasteiger partial charge in [0.15, 0.2) is 5.78 Å². The van der Waals surface area contributed by atoms with Crippen molar-refractivity contribution in [2.45, 2.75) is 32.8 Å². The van der Waals surface area contributed by atoms with Gasteiger partial charge in [-0.25, -0.2) is 0 Å². The number of hydrogen-bond donors (Lipinski definition) is 1. The summed E-state index contributed by atoms with van der Waals surface area (Å²) in [6.07, 6.45) is 0.0434. The molecule has 0 heterocycles. The Bertz CT molecular complexity index is 185. The Morgan fingerprint density at radius 2 is 2.18 bits per heavy atom. The lowest BCUT2D eigenvalue weighted by Gasteiger charge is -2.15. The predicted octanol–water partition coefficient (Wildman–Crippen LogP) is 0.876. The minimum absolute atomic E-state index is 0.0434. The van der Waals surface area contributed by atoms with E-state index in [0.29, 0.717) is 0 Å². The molecule has 0 aliphatic carbocycles. The Hall–Kier alpha value is -0.880. The van der Waals surface area contributed by atoms with Crippen LogP contribution in [0.4, 0.5) is 0 Å². The molecule has 0 aromatic heterocycles. The lowest BCUT2D eigenvalue weighted by atomic mass is 9.96. The SMILES string of the molecule is CC(C#N)C(=O)CC(C)(C)O. The van der Waals surface area contributed by atoms with Crippen LogP contribution in [-0.4, -0.2) is 16.5 Å². The average Bonchev–Trinajstić information content (AvgIpc) is 1.82. The molecular formula is C8H13NO2. The van der Waals surface area contributed by atoms with E-state index in [1.807, 2.05) is 6.07 Å². The van der Waals surface area contributed by atoms with Gasteiger partial charge in [-0.05, 0) is 20.8 Å². The van der Waals surface area contributed by atoms with Crippen LogP contribution in [0.1, 0.15) is 27.2 Å². The molecule has 0 bridgehead atoms. The quantitative estimate of drug-likeness (QED) is 0.658. The van der Waals surface area contributed by atoms with Gasteiger partial charge in [-0.3, -0.25) is 4.79 Å². The molecule has 0 aromatic carbocycles. The van der Waals surface area contributed by atoms with E-state index in [1.54, 1.807) is 13.8 Å². The number of ketones is 1. The topological polar surface area (TPSA) is 61.1 Å². The number of carbonyl (C=O) groups excluding carboxylic acids is 1. The van der Waals surface area contributed by atoms with Gasteiger partial charge in [0.1, 0.15) is 5.92 Å². The molecule has 0 amide bonds. The molecule has 1 unspecified atom stereocenters. The molecule has 3 heteroatoms. The van der Waals surface area contributed by atoms with Gasteiger partial charge in [0, 0.05) is 6.42 Å². The fourth-order valence-electron chi connectivity index (χ4n) is 0.651. The van der Waals surface area contributed by atoms with Gasteiger partial charge < -0.3 is 5.11 Å². The summed E-state index contributed by atoms with van der Waals surface area (Å²) in [6.45, 7) is 4.64. The van der Waals surface area contributed by atoms with E-state index in [0.717, 1.165) is 0 Å². The lowest BCUT2D eigenvalue weighted by molar-refractivity contribution is -0.124. The Balaban J connectivity index is 4.01. The number of nitrogens with zero attached hydrogens (tertiary/aromatic N) is 1. The molecular weight excluding hydrogens is 142 g/mol. The molecule has 0 rings (SSSR count). The van der Waals surface area contributed by atoms with Crippen molar-refractivity contribution in [1.29, 1.82) is 5.26 Å². The van der Waals surface area contributed by atoms with Crippen LogP contribution in [0.25, 0.3) is 0 Å². The zero-order valence-electron chi connectivity index (χ0n) is 7.09. The van der Waals surface area contributed by atoms with Crippen molar-refractivity contribution in [3.8, 4) is 6.07 Å². The number of aliphatic hydroxyl groups is 1. The van der Waals surface area contributed by atoms with E-state index in [-0.39, 0.29) is 12.2 Å². The first-order chi connectivity index (χ1) is 4.87. The average molecular weight is 155 g/mol. The van der Waals surface area contributed by atoms with Crippen molar-refractivity contribution in [2.24, 2.45) is 5.92 Å². The van der Waals surface area contributed by atoms with Crippen molar-refractivity contribution in [1.82, 2.24) is 0 Å². The highest BCUT2D eigenvalue weighted by Gasteiger charge is 2.21. The van der Waals surface area contributed by atoms with Gasteiger partial charge in [-0.15, -0.1) is 0 Å². The first kappa shape index (κ1) is 10.1. The van der Waals surface area contributed by atoms with Crippen LogP contribution >= 0.6 is 0 Å². The normalized spacial score (nSPS) is 13.7. The van der Waals surface area contributed by atoms with Crippen molar-refractivity contribution in [3.63, 3.8) is 0 Å². The molecule has 0 fully saturated rings. The zero-order chi connectivity index (χ0) is 9.07. The molecule has 1 atom stereocenters. The second-order valence-corrected chi connectivity index (χ2v) is 3.31. The van der Waals surface area contributed by atoms with E-state index in [4.69, 9.17) is 5.26 Å². The number of Topliss-reactive ketones (excluding diaryl/α,β-unsaturated/α-hetero) is 1. The van der Waals surface area contributed by atoms with Gasteiger partial charge in [0.25, 0.3) is 0 Å². The van der Waals surface area contributed by atoms with Crippen LogP contribution in [0.3, 0.4) is 0 Å². The fraction of sp³-hybridized carbons (Fsp3) is 0.750. The summed E-state index contributed by atoms with van der Waals surface area (Å²) in [5.74, 6) is -0.818. The first-order valence-electron chi connectivity index (χ1n) is 3.51. The van der Waals surface area contributed by atoms with Crippen LogP contribution in [-0.2, 0) is 4.79 Å². The number of hydrogen-bond acceptors (Lipinski definition) is 3. The van der Waals surface area contributed by atoms with Gasteiger partial charge >= 0.3 is 0 Å². The first-order valence-corrected chi connectivity index (χ1v) is 3.51. The summed E-state index contributed by atoms with van der Waals surface area (Å²) >= 11 is 0. The Morgan fingerprint density at radius 1 is 1.73 bits per heavy atom. The summed E-state index contributed by atoms with van der Waals surface area (Å²) in [6, 6.07) is 1.83. The second-order valence-electron chi connectivity index (χ2n) is 3.31.